The molecule has 1 atom stereocenters. The van der Waals surface area contributed by atoms with Crippen molar-refractivity contribution in [2.45, 2.75) is 71.0 Å². The first-order valence-electron chi connectivity index (χ1n) is 7.37. The number of rotatable bonds is 12. The van der Waals surface area contributed by atoms with Gasteiger partial charge in [-0.1, -0.05) is 52.4 Å². The highest BCUT2D eigenvalue weighted by atomic mass is 19.4. The SMILES string of the molecule is CCCCCCCCC(COCC(F)(F)F)NCC. The highest BCUT2D eigenvalue weighted by Gasteiger charge is 2.27. The molecule has 0 aromatic carbocycles. The first-order chi connectivity index (χ1) is 8.99. The summed E-state index contributed by atoms with van der Waals surface area (Å²) in [7, 11) is 0. The van der Waals surface area contributed by atoms with Crippen molar-refractivity contribution >= 4 is 0 Å². The Bertz CT molecular complexity index is 198. The Morgan fingerprint density at radius 1 is 1.00 bits per heavy atom. The lowest BCUT2D eigenvalue weighted by atomic mass is 10.1. The summed E-state index contributed by atoms with van der Waals surface area (Å²) in [6.45, 7) is 3.89. The summed E-state index contributed by atoms with van der Waals surface area (Å²) in [6.07, 6.45) is 3.84. The van der Waals surface area contributed by atoms with E-state index in [1.807, 2.05) is 6.92 Å². The molecule has 19 heavy (non-hydrogen) atoms. The first-order valence-corrected chi connectivity index (χ1v) is 7.37. The average Bonchev–Trinajstić information content (AvgIpc) is 2.32. The maximum absolute atomic E-state index is 12.0. The summed E-state index contributed by atoms with van der Waals surface area (Å²) in [5, 5.41) is 3.18. The lowest BCUT2D eigenvalue weighted by molar-refractivity contribution is -0.175. The van der Waals surface area contributed by atoms with Crippen LogP contribution < -0.4 is 5.32 Å². The third kappa shape index (κ3) is 13.9. The van der Waals surface area contributed by atoms with Gasteiger partial charge in [0, 0.05) is 6.04 Å². The number of halogens is 3. The molecule has 0 aliphatic carbocycles. The number of unbranched alkanes of at least 4 members (excludes halogenated alkanes) is 5. The van der Waals surface area contributed by atoms with Crippen LogP contribution in [0.3, 0.4) is 0 Å². The smallest absolute Gasteiger partial charge is 0.370 e. The van der Waals surface area contributed by atoms with Gasteiger partial charge in [0.05, 0.1) is 6.61 Å². The van der Waals surface area contributed by atoms with Gasteiger partial charge in [0.2, 0.25) is 0 Å². The molecule has 0 amide bonds. The molecule has 0 heterocycles. The van der Waals surface area contributed by atoms with Gasteiger partial charge in [-0.2, -0.15) is 13.2 Å². The van der Waals surface area contributed by atoms with Gasteiger partial charge in [-0.25, -0.2) is 0 Å². The van der Waals surface area contributed by atoms with E-state index in [1.165, 1.54) is 25.7 Å². The molecular formula is C14H28F3NO. The van der Waals surface area contributed by atoms with Crippen LogP contribution in [-0.4, -0.2) is 32.0 Å². The molecule has 0 radical (unpaired) electrons. The van der Waals surface area contributed by atoms with Crippen molar-refractivity contribution < 1.29 is 17.9 Å². The van der Waals surface area contributed by atoms with Gasteiger partial charge in [-0.3, -0.25) is 0 Å². The molecule has 5 heteroatoms. The summed E-state index contributed by atoms with van der Waals surface area (Å²) >= 11 is 0. The van der Waals surface area contributed by atoms with Gasteiger partial charge in [0.25, 0.3) is 0 Å². The quantitative estimate of drug-likeness (QED) is 0.539. The van der Waals surface area contributed by atoms with E-state index in [0.29, 0.717) is 0 Å². The van der Waals surface area contributed by atoms with Crippen molar-refractivity contribution in [2.24, 2.45) is 0 Å². The van der Waals surface area contributed by atoms with Crippen LogP contribution in [0.1, 0.15) is 58.8 Å². The van der Waals surface area contributed by atoms with E-state index in [1.54, 1.807) is 0 Å². The van der Waals surface area contributed by atoms with Crippen LogP contribution in [0.15, 0.2) is 0 Å². The molecule has 0 saturated heterocycles. The molecule has 0 aliphatic heterocycles. The monoisotopic (exact) mass is 283 g/mol. The van der Waals surface area contributed by atoms with Crippen LogP contribution in [0.4, 0.5) is 13.2 Å². The van der Waals surface area contributed by atoms with E-state index >= 15 is 0 Å². The van der Waals surface area contributed by atoms with Gasteiger partial charge < -0.3 is 10.1 Å². The van der Waals surface area contributed by atoms with E-state index in [-0.39, 0.29) is 12.6 Å². The molecule has 1 N–H and O–H groups in total. The van der Waals surface area contributed by atoms with E-state index in [9.17, 15) is 13.2 Å². The zero-order chi connectivity index (χ0) is 14.6. The largest absolute Gasteiger partial charge is 0.411 e. The van der Waals surface area contributed by atoms with Crippen molar-refractivity contribution in [3.8, 4) is 0 Å². The summed E-state index contributed by atoms with van der Waals surface area (Å²) < 4.78 is 40.6. The molecule has 0 spiro atoms. The zero-order valence-corrected chi connectivity index (χ0v) is 12.2. The van der Waals surface area contributed by atoms with E-state index < -0.39 is 12.8 Å². The molecule has 2 nitrogen and oxygen atoms in total. The average molecular weight is 283 g/mol. The molecule has 0 aliphatic rings. The Labute approximate surface area is 115 Å². The predicted octanol–water partition coefficient (Wildman–Crippen LogP) is 4.29. The fraction of sp³-hybridized carbons (Fsp3) is 1.00. The molecule has 116 valence electrons. The summed E-state index contributed by atoms with van der Waals surface area (Å²) in [4.78, 5) is 0. The van der Waals surface area contributed by atoms with Crippen molar-refractivity contribution in [1.29, 1.82) is 0 Å². The van der Waals surface area contributed by atoms with Gasteiger partial charge in [0.15, 0.2) is 0 Å². The van der Waals surface area contributed by atoms with E-state index in [4.69, 9.17) is 4.74 Å². The second-order valence-electron chi connectivity index (χ2n) is 4.94. The third-order valence-corrected chi connectivity index (χ3v) is 2.98. The second kappa shape index (κ2) is 11.5. The van der Waals surface area contributed by atoms with Crippen molar-refractivity contribution in [1.82, 2.24) is 5.32 Å². The Morgan fingerprint density at radius 3 is 2.21 bits per heavy atom. The minimum atomic E-state index is -4.23. The molecule has 0 rings (SSSR count). The summed E-state index contributed by atoms with van der Waals surface area (Å²) in [6, 6.07) is 0.0403. The minimum Gasteiger partial charge on any atom is -0.370 e. The molecule has 0 bridgehead atoms. The Hall–Kier alpha value is -0.290. The lowest BCUT2D eigenvalue weighted by Gasteiger charge is -2.18. The van der Waals surface area contributed by atoms with Crippen LogP contribution in [0.25, 0.3) is 0 Å². The van der Waals surface area contributed by atoms with Crippen LogP contribution in [0.5, 0.6) is 0 Å². The Balaban J connectivity index is 3.62. The van der Waals surface area contributed by atoms with Gasteiger partial charge >= 0.3 is 6.18 Å². The van der Waals surface area contributed by atoms with Crippen molar-refractivity contribution in [3.63, 3.8) is 0 Å². The van der Waals surface area contributed by atoms with Gasteiger partial charge in [-0.15, -0.1) is 0 Å². The summed E-state index contributed by atoms with van der Waals surface area (Å²) in [5.74, 6) is 0. The Morgan fingerprint density at radius 2 is 1.63 bits per heavy atom. The van der Waals surface area contributed by atoms with E-state index in [0.717, 1.165) is 25.8 Å². The fourth-order valence-corrected chi connectivity index (χ4v) is 2.02. The molecule has 0 aromatic rings. The van der Waals surface area contributed by atoms with Crippen LogP contribution in [0.2, 0.25) is 0 Å². The zero-order valence-electron chi connectivity index (χ0n) is 12.2. The molecule has 0 fully saturated rings. The number of alkyl halides is 3. The standard InChI is InChI=1S/C14H28F3NO/c1-3-5-6-7-8-9-10-13(18-4-2)11-19-12-14(15,16)17/h13,18H,3-12H2,1-2H3. The van der Waals surface area contributed by atoms with Crippen LogP contribution >= 0.6 is 0 Å². The second-order valence-corrected chi connectivity index (χ2v) is 4.94. The van der Waals surface area contributed by atoms with Crippen LogP contribution in [0, 0.1) is 0 Å². The van der Waals surface area contributed by atoms with Gasteiger partial charge in [0.1, 0.15) is 6.61 Å². The number of ether oxygens (including phenoxy) is 1. The minimum absolute atomic E-state index is 0.0403. The number of likely N-dealkylation sites (N-methyl/N-ethyl adjacent to an activating group) is 1. The Kier molecular flexibility index (Phi) is 11.4. The third-order valence-electron chi connectivity index (χ3n) is 2.98. The fourth-order valence-electron chi connectivity index (χ4n) is 2.02. The topological polar surface area (TPSA) is 21.3 Å². The highest BCUT2D eigenvalue weighted by molar-refractivity contribution is 4.66. The molecular weight excluding hydrogens is 255 g/mol. The van der Waals surface area contributed by atoms with E-state index in [2.05, 4.69) is 12.2 Å². The molecule has 0 aromatic heterocycles. The van der Waals surface area contributed by atoms with Crippen molar-refractivity contribution in [2.75, 3.05) is 19.8 Å². The van der Waals surface area contributed by atoms with Crippen LogP contribution in [-0.2, 0) is 4.74 Å². The first kappa shape index (κ1) is 18.7. The number of hydrogen-bond acceptors (Lipinski definition) is 2. The number of hydrogen-bond donors (Lipinski definition) is 1. The molecule has 0 saturated carbocycles. The molecule has 1 unspecified atom stereocenters. The maximum atomic E-state index is 12.0. The number of nitrogens with one attached hydrogen (secondary N) is 1. The normalized spacial score (nSPS) is 13.7. The van der Waals surface area contributed by atoms with Gasteiger partial charge in [-0.05, 0) is 13.0 Å². The predicted molar refractivity (Wildman–Crippen MR) is 72.3 cm³/mol. The summed E-state index contributed by atoms with van der Waals surface area (Å²) in [5.41, 5.74) is 0. The highest BCUT2D eigenvalue weighted by Crippen LogP contribution is 2.15. The maximum Gasteiger partial charge on any atom is 0.411 e. The van der Waals surface area contributed by atoms with Crippen molar-refractivity contribution in [3.05, 3.63) is 0 Å². The lowest BCUT2D eigenvalue weighted by Crippen LogP contribution is -2.34.